The first-order valence-corrected chi connectivity index (χ1v) is 6.20. The summed E-state index contributed by atoms with van der Waals surface area (Å²) < 4.78 is 10.5. The summed E-state index contributed by atoms with van der Waals surface area (Å²) in [6.45, 7) is 0. The molecule has 0 unspecified atom stereocenters. The summed E-state index contributed by atoms with van der Waals surface area (Å²) in [6, 6.07) is 7.49. The molecule has 2 N–H and O–H groups in total. The van der Waals surface area contributed by atoms with E-state index in [2.05, 4.69) is 0 Å². The van der Waals surface area contributed by atoms with Crippen LogP contribution in [-0.4, -0.2) is 14.2 Å². The van der Waals surface area contributed by atoms with Crippen molar-refractivity contribution in [2.24, 2.45) is 5.73 Å². The van der Waals surface area contributed by atoms with Gasteiger partial charge in [0.1, 0.15) is 11.5 Å². The second-order valence-electron chi connectivity index (χ2n) is 3.64. The lowest BCUT2D eigenvalue weighted by atomic mass is 10.0. The van der Waals surface area contributed by atoms with Crippen LogP contribution in [-0.2, 0) is 0 Å². The van der Waals surface area contributed by atoms with Gasteiger partial charge in [0.2, 0.25) is 0 Å². The number of nitrogens with two attached hydrogens (primary N) is 1. The van der Waals surface area contributed by atoms with Gasteiger partial charge in [0, 0.05) is 5.56 Å². The van der Waals surface area contributed by atoms with Crippen molar-refractivity contribution in [1.29, 1.82) is 0 Å². The Bertz CT molecular complexity index is 482. The van der Waals surface area contributed by atoms with Gasteiger partial charge in [0.05, 0.1) is 20.3 Å². The lowest BCUT2D eigenvalue weighted by Gasteiger charge is -2.15. The lowest BCUT2D eigenvalue weighted by molar-refractivity contribution is 0.397. The average Bonchev–Trinajstić information content (AvgIpc) is 2.91. The molecule has 0 saturated heterocycles. The van der Waals surface area contributed by atoms with E-state index in [0.717, 1.165) is 22.6 Å². The SMILES string of the molecule is COc1ccc(OC)c([C@@H](N)c2ccsc2)c1. The molecule has 2 rings (SSSR count). The summed E-state index contributed by atoms with van der Waals surface area (Å²) in [5, 5.41) is 4.06. The van der Waals surface area contributed by atoms with Crippen molar-refractivity contribution in [2.45, 2.75) is 6.04 Å². The molecule has 0 saturated carbocycles. The van der Waals surface area contributed by atoms with Gasteiger partial charge in [-0.1, -0.05) is 0 Å². The van der Waals surface area contributed by atoms with E-state index in [-0.39, 0.29) is 6.04 Å². The Balaban J connectivity index is 2.41. The molecule has 0 spiro atoms. The van der Waals surface area contributed by atoms with Crippen LogP contribution in [0.3, 0.4) is 0 Å². The fourth-order valence-corrected chi connectivity index (χ4v) is 2.41. The highest BCUT2D eigenvalue weighted by Gasteiger charge is 2.15. The molecular formula is C13H15NO2S. The first-order valence-electron chi connectivity index (χ1n) is 5.26. The van der Waals surface area contributed by atoms with Crippen LogP contribution in [0.15, 0.2) is 35.0 Å². The van der Waals surface area contributed by atoms with Gasteiger partial charge >= 0.3 is 0 Å². The molecule has 1 aromatic carbocycles. The van der Waals surface area contributed by atoms with Gasteiger partial charge in [-0.3, -0.25) is 0 Å². The highest BCUT2D eigenvalue weighted by Crippen LogP contribution is 2.32. The monoisotopic (exact) mass is 249 g/mol. The topological polar surface area (TPSA) is 44.5 Å². The molecule has 1 aromatic heterocycles. The first-order chi connectivity index (χ1) is 8.26. The minimum atomic E-state index is -0.189. The van der Waals surface area contributed by atoms with Gasteiger partial charge in [-0.15, -0.1) is 0 Å². The van der Waals surface area contributed by atoms with Gasteiger partial charge in [-0.25, -0.2) is 0 Å². The Kier molecular flexibility index (Phi) is 3.66. The van der Waals surface area contributed by atoms with Crippen LogP contribution in [0.2, 0.25) is 0 Å². The second kappa shape index (κ2) is 5.21. The number of rotatable bonds is 4. The number of ether oxygens (including phenoxy) is 2. The summed E-state index contributed by atoms with van der Waals surface area (Å²) in [7, 11) is 3.29. The number of methoxy groups -OCH3 is 2. The highest BCUT2D eigenvalue weighted by molar-refractivity contribution is 7.08. The van der Waals surface area contributed by atoms with Crippen molar-refractivity contribution in [3.8, 4) is 11.5 Å². The van der Waals surface area contributed by atoms with E-state index >= 15 is 0 Å². The standard InChI is InChI=1S/C13H15NO2S/c1-15-10-3-4-12(16-2)11(7-10)13(14)9-5-6-17-8-9/h3-8,13H,14H2,1-2H3/t13-/m0/s1. The van der Waals surface area contributed by atoms with Crippen LogP contribution in [0.5, 0.6) is 11.5 Å². The Labute approximate surface area is 105 Å². The van der Waals surface area contributed by atoms with Crippen LogP contribution in [0, 0.1) is 0 Å². The maximum atomic E-state index is 6.23. The number of benzene rings is 1. The summed E-state index contributed by atoms with van der Waals surface area (Å²) >= 11 is 1.63. The van der Waals surface area contributed by atoms with E-state index in [4.69, 9.17) is 15.2 Å². The van der Waals surface area contributed by atoms with E-state index < -0.39 is 0 Å². The molecule has 0 aliphatic carbocycles. The predicted molar refractivity (Wildman–Crippen MR) is 69.9 cm³/mol. The van der Waals surface area contributed by atoms with E-state index in [1.54, 1.807) is 25.6 Å². The van der Waals surface area contributed by atoms with Crippen molar-refractivity contribution in [2.75, 3.05) is 14.2 Å². The van der Waals surface area contributed by atoms with Crippen molar-refractivity contribution < 1.29 is 9.47 Å². The molecule has 0 bridgehead atoms. The molecule has 0 amide bonds. The zero-order valence-corrected chi connectivity index (χ0v) is 10.7. The van der Waals surface area contributed by atoms with E-state index in [0.29, 0.717) is 0 Å². The van der Waals surface area contributed by atoms with Crippen molar-refractivity contribution >= 4 is 11.3 Å². The third kappa shape index (κ3) is 2.43. The molecule has 1 atom stereocenters. The van der Waals surface area contributed by atoms with E-state index in [1.165, 1.54) is 0 Å². The van der Waals surface area contributed by atoms with Crippen molar-refractivity contribution in [1.82, 2.24) is 0 Å². The summed E-state index contributed by atoms with van der Waals surface area (Å²) in [5.41, 5.74) is 8.25. The molecule has 0 radical (unpaired) electrons. The number of hydrogen-bond acceptors (Lipinski definition) is 4. The summed E-state index contributed by atoms with van der Waals surface area (Å²) in [5.74, 6) is 1.57. The lowest BCUT2D eigenvalue weighted by Crippen LogP contribution is -2.12. The molecule has 0 aliphatic heterocycles. The minimum absolute atomic E-state index is 0.189. The number of thiophene rings is 1. The summed E-state index contributed by atoms with van der Waals surface area (Å²) in [6.07, 6.45) is 0. The fraction of sp³-hybridized carbons (Fsp3) is 0.231. The maximum Gasteiger partial charge on any atom is 0.124 e. The molecule has 0 fully saturated rings. The molecule has 90 valence electrons. The molecule has 17 heavy (non-hydrogen) atoms. The van der Waals surface area contributed by atoms with Gasteiger partial charge in [-0.05, 0) is 40.6 Å². The Morgan fingerprint density at radius 1 is 1.18 bits per heavy atom. The largest absolute Gasteiger partial charge is 0.497 e. The van der Waals surface area contributed by atoms with Crippen LogP contribution in [0.1, 0.15) is 17.2 Å². The fourth-order valence-electron chi connectivity index (χ4n) is 1.71. The molecule has 3 nitrogen and oxygen atoms in total. The van der Waals surface area contributed by atoms with E-state index in [1.807, 2.05) is 35.0 Å². The second-order valence-corrected chi connectivity index (χ2v) is 4.42. The van der Waals surface area contributed by atoms with Gasteiger partial charge in [0.25, 0.3) is 0 Å². The smallest absolute Gasteiger partial charge is 0.124 e. The highest BCUT2D eigenvalue weighted by atomic mass is 32.1. The zero-order chi connectivity index (χ0) is 12.3. The predicted octanol–water partition coefficient (Wildman–Crippen LogP) is 2.81. The van der Waals surface area contributed by atoms with Crippen LogP contribution in [0.25, 0.3) is 0 Å². The normalized spacial score (nSPS) is 12.2. The number of hydrogen-bond donors (Lipinski definition) is 1. The van der Waals surface area contributed by atoms with E-state index in [9.17, 15) is 0 Å². The third-order valence-corrected chi connectivity index (χ3v) is 3.38. The molecule has 0 aliphatic rings. The Morgan fingerprint density at radius 2 is 2.00 bits per heavy atom. The average molecular weight is 249 g/mol. The van der Waals surface area contributed by atoms with Crippen molar-refractivity contribution in [3.63, 3.8) is 0 Å². The quantitative estimate of drug-likeness (QED) is 0.906. The maximum absolute atomic E-state index is 6.23. The molecule has 4 heteroatoms. The molecule has 2 aromatic rings. The molecular weight excluding hydrogens is 234 g/mol. The Morgan fingerprint density at radius 3 is 2.59 bits per heavy atom. The van der Waals surface area contributed by atoms with Crippen LogP contribution >= 0.6 is 11.3 Å². The summed E-state index contributed by atoms with van der Waals surface area (Å²) in [4.78, 5) is 0. The molecule has 1 heterocycles. The zero-order valence-electron chi connectivity index (χ0n) is 9.84. The third-order valence-electron chi connectivity index (χ3n) is 2.67. The van der Waals surface area contributed by atoms with Crippen LogP contribution in [0.4, 0.5) is 0 Å². The van der Waals surface area contributed by atoms with Gasteiger partial charge in [0.15, 0.2) is 0 Å². The van der Waals surface area contributed by atoms with Crippen LogP contribution < -0.4 is 15.2 Å². The van der Waals surface area contributed by atoms with Gasteiger partial charge in [-0.2, -0.15) is 11.3 Å². The Hall–Kier alpha value is -1.52. The van der Waals surface area contributed by atoms with Crippen molar-refractivity contribution in [3.05, 3.63) is 46.2 Å². The van der Waals surface area contributed by atoms with Gasteiger partial charge < -0.3 is 15.2 Å². The first kappa shape index (κ1) is 12.0. The minimum Gasteiger partial charge on any atom is -0.497 e.